The molecule has 2 heterocycles. The molecule has 4 heteroatoms. The van der Waals surface area contributed by atoms with E-state index in [9.17, 15) is 0 Å². The van der Waals surface area contributed by atoms with E-state index in [1.807, 2.05) is 0 Å². The molecular formula is C15H22N4. The standard InChI is InChI=1S/C15H22N4/c1-11(2)13-5-6-19(10-15(13,3)4)14-17-8-12(7-16)9-18-14/h8-9,11,13H,5-6,10H2,1-4H3. The Bertz CT molecular complexity index is 470. The number of hydrogen-bond donors (Lipinski definition) is 0. The van der Waals surface area contributed by atoms with Crippen molar-refractivity contribution in [2.24, 2.45) is 17.3 Å². The number of hydrogen-bond acceptors (Lipinski definition) is 4. The van der Waals surface area contributed by atoms with Gasteiger partial charge in [-0.05, 0) is 23.7 Å². The summed E-state index contributed by atoms with van der Waals surface area (Å²) < 4.78 is 0. The van der Waals surface area contributed by atoms with Gasteiger partial charge in [-0.1, -0.05) is 27.7 Å². The van der Waals surface area contributed by atoms with E-state index in [0.717, 1.165) is 25.0 Å². The highest BCUT2D eigenvalue weighted by molar-refractivity contribution is 5.34. The first-order valence-electron chi connectivity index (χ1n) is 6.91. The smallest absolute Gasteiger partial charge is 0.225 e. The lowest BCUT2D eigenvalue weighted by molar-refractivity contribution is 0.126. The van der Waals surface area contributed by atoms with Gasteiger partial charge >= 0.3 is 0 Å². The zero-order chi connectivity index (χ0) is 14.0. The van der Waals surface area contributed by atoms with Gasteiger partial charge in [0, 0.05) is 13.1 Å². The Kier molecular flexibility index (Phi) is 3.75. The zero-order valence-electron chi connectivity index (χ0n) is 12.2. The fourth-order valence-electron chi connectivity index (χ4n) is 3.32. The van der Waals surface area contributed by atoms with Crippen LogP contribution in [0.1, 0.15) is 39.7 Å². The molecule has 0 spiro atoms. The van der Waals surface area contributed by atoms with Crippen LogP contribution in [0.5, 0.6) is 0 Å². The molecule has 1 aromatic heterocycles. The number of nitriles is 1. The van der Waals surface area contributed by atoms with Gasteiger partial charge in [-0.3, -0.25) is 0 Å². The fraction of sp³-hybridized carbons (Fsp3) is 0.667. The molecule has 0 radical (unpaired) electrons. The second kappa shape index (κ2) is 5.16. The average Bonchev–Trinajstić information content (AvgIpc) is 2.37. The molecule has 1 atom stereocenters. The SMILES string of the molecule is CC(C)C1CCN(c2ncc(C#N)cn2)CC1(C)C. The number of anilines is 1. The maximum Gasteiger partial charge on any atom is 0.225 e. The molecule has 1 aliphatic heterocycles. The monoisotopic (exact) mass is 258 g/mol. The van der Waals surface area contributed by atoms with Crippen molar-refractivity contribution in [2.75, 3.05) is 18.0 Å². The minimum absolute atomic E-state index is 0.268. The van der Waals surface area contributed by atoms with Gasteiger partial charge in [0.15, 0.2) is 0 Å². The molecule has 1 aliphatic rings. The molecule has 0 amide bonds. The maximum atomic E-state index is 8.77. The van der Waals surface area contributed by atoms with Gasteiger partial charge in [0.05, 0.1) is 18.0 Å². The summed E-state index contributed by atoms with van der Waals surface area (Å²) in [6.07, 6.45) is 4.38. The van der Waals surface area contributed by atoms with Gasteiger partial charge in [0.25, 0.3) is 0 Å². The Morgan fingerprint density at radius 3 is 2.47 bits per heavy atom. The van der Waals surface area contributed by atoms with E-state index in [-0.39, 0.29) is 5.41 Å². The molecule has 0 aromatic carbocycles. The van der Waals surface area contributed by atoms with E-state index in [2.05, 4.69) is 48.6 Å². The van der Waals surface area contributed by atoms with E-state index in [4.69, 9.17) is 5.26 Å². The van der Waals surface area contributed by atoms with Crippen molar-refractivity contribution < 1.29 is 0 Å². The first-order chi connectivity index (χ1) is 8.94. The van der Waals surface area contributed by atoms with Gasteiger partial charge in [-0.15, -0.1) is 0 Å². The minimum Gasteiger partial charge on any atom is -0.340 e. The summed E-state index contributed by atoms with van der Waals surface area (Å²) in [5.41, 5.74) is 0.781. The highest BCUT2D eigenvalue weighted by atomic mass is 15.3. The lowest BCUT2D eigenvalue weighted by Gasteiger charge is -2.46. The molecular weight excluding hydrogens is 236 g/mol. The van der Waals surface area contributed by atoms with Crippen LogP contribution in [0.15, 0.2) is 12.4 Å². The van der Waals surface area contributed by atoms with Crippen LogP contribution in [0, 0.1) is 28.6 Å². The number of rotatable bonds is 2. The third-order valence-corrected chi connectivity index (χ3v) is 4.17. The molecule has 4 nitrogen and oxygen atoms in total. The van der Waals surface area contributed by atoms with Crippen molar-refractivity contribution in [1.29, 1.82) is 5.26 Å². The van der Waals surface area contributed by atoms with Gasteiger partial charge < -0.3 is 4.90 Å². The summed E-state index contributed by atoms with van der Waals surface area (Å²) in [6, 6.07) is 2.05. The second-order valence-corrected chi connectivity index (χ2v) is 6.43. The Labute approximate surface area is 115 Å². The normalized spacial score (nSPS) is 22.3. The van der Waals surface area contributed by atoms with Gasteiger partial charge in [0.1, 0.15) is 6.07 Å². The first kappa shape index (κ1) is 13.8. The van der Waals surface area contributed by atoms with Crippen LogP contribution in [-0.4, -0.2) is 23.1 Å². The highest BCUT2D eigenvalue weighted by Gasteiger charge is 2.38. The van der Waals surface area contributed by atoms with Crippen LogP contribution in [0.25, 0.3) is 0 Å². The molecule has 102 valence electrons. The summed E-state index contributed by atoms with van der Waals surface area (Å²) >= 11 is 0. The third kappa shape index (κ3) is 2.86. The summed E-state index contributed by atoms with van der Waals surface area (Å²) in [6.45, 7) is 11.2. The third-order valence-electron chi connectivity index (χ3n) is 4.17. The summed E-state index contributed by atoms with van der Waals surface area (Å²) in [4.78, 5) is 10.8. The Balaban J connectivity index is 2.14. The Morgan fingerprint density at radius 2 is 2.00 bits per heavy atom. The molecule has 0 N–H and O–H groups in total. The van der Waals surface area contributed by atoms with E-state index >= 15 is 0 Å². The molecule has 1 fully saturated rings. The van der Waals surface area contributed by atoms with Gasteiger partial charge in [-0.25, -0.2) is 9.97 Å². The first-order valence-corrected chi connectivity index (χ1v) is 6.91. The molecule has 1 saturated heterocycles. The molecule has 0 bridgehead atoms. The molecule has 0 saturated carbocycles. The fourth-order valence-corrected chi connectivity index (χ4v) is 3.32. The topological polar surface area (TPSA) is 52.8 Å². The predicted molar refractivity (Wildman–Crippen MR) is 75.7 cm³/mol. The van der Waals surface area contributed by atoms with E-state index in [1.165, 1.54) is 6.42 Å². The van der Waals surface area contributed by atoms with Crippen molar-refractivity contribution in [1.82, 2.24) is 9.97 Å². The van der Waals surface area contributed by atoms with E-state index in [1.54, 1.807) is 12.4 Å². The molecule has 1 unspecified atom stereocenters. The largest absolute Gasteiger partial charge is 0.340 e. The van der Waals surface area contributed by atoms with Crippen molar-refractivity contribution in [3.63, 3.8) is 0 Å². The van der Waals surface area contributed by atoms with Gasteiger partial charge in [0.2, 0.25) is 5.95 Å². The van der Waals surface area contributed by atoms with E-state index in [0.29, 0.717) is 11.5 Å². The summed E-state index contributed by atoms with van der Waals surface area (Å²) in [7, 11) is 0. The van der Waals surface area contributed by atoms with Crippen LogP contribution < -0.4 is 4.90 Å². The molecule has 1 aromatic rings. The highest BCUT2D eigenvalue weighted by Crippen LogP contribution is 2.40. The van der Waals surface area contributed by atoms with Crippen molar-refractivity contribution >= 4 is 5.95 Å². The lowest BCUT2D eigenvalue weighted by Crippen LogP contribution is -2.48. The number of nitrogens with zero attached hydrogens (tertiary/aromatic N) is 4. The summed E-state index contributed by atoms with van der Waals surface area (Å²) in [5.74, 6) is 2.19. The number of aromatic nitrogens is 2. The zero-order valence-corrected chi connectivity index (χ0v) is 12.2. The van der Waals surface area contributed by atoms with Crippen LogP contribution in [0.4, 0.5) is 5.95 Å². The predicted octanol–water partition coefficient (Wildman–Crippen LogP) is 2.86. The van der Waals surface area contributed by atoms with Gasteiger partial charge in [-0.2, -0.15) is 5.26 Å². The average molecular weight is 258 g/mol. The van der Waals surface area contributed by atoms with Crippen LogP contribution in [0.3, 0.4) is 0 Å². The molecule has 19 heavy (non-hydrogen) atoms. The Hall–Kier alpha value is -1.63. The number of piperidine rings is 1. The van der Waals surface area contributed by atoms with Crippen LogP contribution in [0.2, 0.25) is 0 Å². The minimum atomic E-state index is 0.268. The van der Waals surface area contributed by atoms with Crippen LogP contribution in [-0.2, 0) is 0 Å². The summed E-state index contributed by atoms with van der Waals surface area (Å²) in [5, 5.41) is 8.77. The van der Waals surface area contributed by atoms with Crippen molar-refractivity contribution in [2.45, 2.75) is 34.1 Å². The second-order valence-electron chi connectivity index (χ2n) is 6.43. The Morgan fingerprint density at radius 1 is 1.37 bits per heavy atom. The molecule has 2 rings (SSSR count). The molecule has 0 aliphatic carbocycles. The van der Waals surface area contributed by atoms with Crippen molar-refractivity contribution in [3.05, 3.63) is 18.0 Å². The van der Waals surface area contributed by atoms with E-state index < -0.39 is 0 Å². The lowest BCUT2D eigenvalue weighted by atomic mass is 9.69. The van der Waals surface area contributed by atoms with Crippen LogP contribution >= 0.6 is 0 Å². The van der Waals surface area contributed by atoms with Crippen molar-refractivity contribution in [3.8, 4) is 6.07 Å². The maximum absolute atomic E-state index is 8.77. The quantitative estimate of drug-likeness (QED) is 0.818.